The first kappa shape index (κ1) is 13.3. The van der Waals surface area contributed by atoms with Gasteiger partial charge in [-0.1, -0.05) is 12.1 Å². The lowest BCUT2D eigenvalue weighted by atomic mass is 9.79. The van der Waals surface area contributed by atoms with Crippen molar-refractivity contribution < 1.29 is 9.94 Å². The molecule has 16 heavy (non-hydrogen) atoms. The number of rotatable bonds is 4. The molecule has 94 valence electrons. The zero-order valence-corrected chi connectivity index (χ0v) is 10.4. The minimum absolute atomic E-state index is 0.155. The Morgan fingerprint density at radius 3 is 2.56 bits per heavy atom. The second-order valence-electron chi connectivity index (χ2n) is 4.89. The second kappa shape index (κ2) is 5.50. The van der Waals surface area contributed by atoms with Crippen LogP contribution < -0.4 is 5.73 Å². The van der Waals surface area contributed by atoms with Crippen molar-refractivity contribution in [2.24, 2.45) is 16.3 Å². The summed E-state index contributed by atoms with van der Waals surface area (Å²) in [7, 11) is 1.72. The van der Waals surface area contributed by atoms with Gasteiger partial charge in [0, 0.05) is 18.6 Å². The van der Waals surface area contributed by atoms with Crippen LogP contribution in [0.3, 0.4) is 0 Å². The van der Waals surface area contributed by atoms with Gasteiger partial charge in [0.15, 0.2) is 0 Å². The Bertz CT molecular complexity index is 248. The van der Waals surface area contributed by atoms with E-state index < -0.39 is 0 Å². The van der Waals surface area contributed by atoms with Gasteiger partial charge in [0.05, 0.1) is 6.61 Å². The molecule has 0 spiro atoms. The fourth-order valence-corrected chi connectivity index (χ4v) is 2.18. The zero-order chi connectivity index (χ0) is 12.2. The third-order valence-corrected chi connectivity index (χ3v) is 3.66. The summed E-state index contributed by atoms with van der Waals surface area (Å²) in [4.78, 5) is 2.38. The molecule has 1 atom stereocenters. The van der Waals surface area contributed by atoms with Gasteiger partial charge in [-0.3, -0.25) is 4.90 Å². The molecule has 0 amide bonds. The van der Waals surface area contributed by atoms with Crippen molar-refractivity contribution in [2.75, 3.05) is 26.8 Å². The molecule has 0 aromatic heterocycles. The van der Waals surface area contributed by atoms with Gasteiger partial charge in [-0.15, -0.1) is 0 Å². The van der Waals surface area contributed by atoms with Gasteiger partial charge in [-0.05, 0) is 32.9 Å². The van der Waals surface area contributed by atoms with Crippen LogP contribution in [-0.2, 0) is 4.74 Å². The number of ether oxygens (including phenoxy) is 1. The Morgan fingerprint density at radius 1 is 1.56 bits per heavy atom. The number of hydrogen-bond acceptors (Lipinski definition) is 4. The van der Waals surface area contributed by atoms with Crippen LogP contribution in [0.15, 0.2) is 5.16 Å². The molecule has 3 N–H and O–H groups in total. The van der Waals surface area contributed by atoms with Crippen molar-refractivity contribution in [2.45, 2.75) is 32.7 Å². The molecule has 1 unspecified atom stereocenters. The van der Waals surface area contributed by atoms with Gasteiger partial charge in [-0.2, -0.15) is 0 Å². The van der Waals surface area contributed by atoms with Crippen LogP contribution in [0.1, 0.15) is 26.7 Å². The summed E-state index contributed by atoms with van der Waals surface area (Å²) in [5.41, 5.74) is 5.56. The molecule has 1 aliphatic heterocycles. The number of nitrogens with two attached hydrogens (primary N) is 1. The van der Waals surface area contributed by atoms with Crippen LogP contribution in [0.4, 0.5) is 0 Å². The van der Waals surface area contributed by atoms with Crippen LogP contribution in [0.5, 0.6) is 0 Å². The number of hydrogen-bond donors (Lipinski definition) is 2. The lowest BCUT2D eigenvalue weighted by molar-refractivity contribution is 0.0654. The van der Waals surface area contributed by atoms with E-state index >= 15 is 0 Å². The Balaban J connectivity index is 2.50. The van der Waals surface area contributed by atoms with Crippen molar-refractivity contribution in [3.63, 3.8) is 0 Å². The quantitative estimate of drug-likeness (QED) is 0.325. The molecular weight excluding hydrogens is 206 g/mol. The van der Waals surface area contributed by atoms with Crippen LogP contribution in [0.25, 0.3) is 0 Å². The normalized spacial score (nSPS) is 24.3. The zero-order valence-electron chi connectivity index (χ0n) is 10.4. The molecule has 0 bridgehead atoms. The summed E-state index contributed by atoms with van der Waals surface area (Å²) in [6.45, 7) is 6.91. The number of nitrogens with zero attached hydrogens (tertiary/aromatic N) is 2. The van der Waals surface area contributed by atoms with Crippen molar-refractivity contribution in [1.82, 2.24) is 4.90 Å². The largest absolute Gasteiger partial charge is 0.409 e. The monoisotopic (exact) mass is 229 g/mol. The van der Waals surface area contributed by atoms with Crippen molar-refractivity contribution >= 4 is 5.84 Å². The molecule has 5 nitrogen and oxygen atoms in total. The average molecular weight is 229 g/mol. The maximum Gasteiger partial charge on any atom is 0.145 e. The Kier molecular flexibility index (Phi) is 4.56. The van der Waals surface area contributed by atoms with E-state index in [1.54, 1.807) is 7.11 Å². The third-order valence-electron chi connectivity index (χ3n) is 3.66. The standard InChI is InChI=1S/C11H23N3O2/c1-9(8-16-3)14-6-4-11(2,5-7-14)10(12)13-15/h9,15H,4-8H2,1-3H3,(H2,12,13). The smallest absolute Gasteiger partial charge is 0.145 e. The summed E-state index contributed by atoms with van der Waals surface area (Å²) in [5.74, 6) is 0.353. The highest BCUT2D eigenvalue weighted by Crippen LogP contribution is 2.31. The summed E-state index contributed by atoms with van der Waals surface area (Å²) >= 11 is 0. The van der Waals surface area contributed by atoms with E-state index in [4.69, 9.17) is 15.7 Å². The molecule has 1 rings (SSSR count). The Labute approximate surface area is 97.2 Å². The van der Waals surface area contributed by atoms with E-state index in [2.05, 4.69) is 23.9 Å². The molecule has 0 aromatic rings. The predicted molar refractivity (Wildman–Crippen MR) is 63.7 cm³/mol. The minimum Gasteiger partial charge on any atom is -0.409 e. The van der Waals surface area contributed by atoms with Crippen LogP contribution in [0, 0.1) is 5.41 Å². The average Bonchev–Trinajstić information content (AvgIpc) is 2.29. The number of likely N-dealkylation sites (tertiary alicyclic amines) is 1. The fourth-order valence-electron chi connectivity index (χ4n) is 2.18. The third kappa shape index (κ3) is 2.86. The van der Waals surface area contributed by atoms with Crippen LogP contribution in [-0.4, -0.2) is 48.8 Å². The van der Waals surface area contributed by atoms with Gasteiger partial charge < -0.3 is 15.7 Å². The van der Waals surface area contributed by atoms with E-state index in [1.165, 1.54) is 0 Å². The SMILES string of the molecule is COCC(C)N1CCC(C)(C(N)=NO)CC1. The molecule has 5 heteroatoms. The van der Waals surface area contributed by atoms with E-state index in [-0.39, 0.29) is 5.41 Å². The van der Waals surface area contributed by atoms with Crippen molar-refractivity contribution in [3.8, 4) is 0 Å². The Hall–Kier alpha value is -0.810. The predicted octanol–water partition coefficient (Wildman–Crippen LogP) is 0.870. The van der Waals surface area contributed by atoms with E-state index in [0.29, 0.717) is 11.9 Å². The lowest BCUT2D eigenvalue weighted by Crippen LogP contribution is -2.49. The first-order valence-electron chi connectivity index (χ1n) is 5.74. The number of amidine groups is 1. The number of methoxy groups -OCH3 is 1. The lowest BCUT2D eigenvalue weighted by Gasteiger charge is -2.40. The summed E-state index contributed by atoms with van der Waals surface area (Å²) in [6.07, 6.45) is 1.86. The Morgan fingerprint density at radius 2 is 2.12 bits per heavy atom. The molecule has 0 saturated carbocycles. The molecular formula is C11H23N3O2. The molecule has 1 fully saturated rings. The number of piperidine rings is 1. The maximum atomic E-state index is 8.74. The molecule has 0 radical (unpaired) electrons. The summed E-state index contributed by atoms with van der Waals surface area (Å²) in [6, 6.07) is 0.432. The molecule has 1 saturated heterocycles. The van der Waals surface area contributed by atoms with Gasteiger partial charge >= 0.3 is 0 Å². The molecule has 0 aromatic carbocycles. The molecule has 1 heterocycles. The van der Waals surface area contributed by atoms with Gasteiger partial charge in [0.2, 0.25) is 0 Å². The highest BCUT2D eigenvalue weighted by atomic mass is 16.5. The highest BCUT2D eigenvalue weighted by Gasteiger charge is 2.35. The summed E-state index contributed by atoms with van der Waals surface area (Å²) in [5, 5.41) is 11.9. The molecule has 1 aliphatic rings. The topological polar surface area (TPSA) is 71.1 Å². The van der Waals surface area contributed by atoms with Crippen LogP contribution >= 0.6 is 0 Å². The van der Waals surface area contributed by atoms with Crippen molar-refractivity contribution in [1.29, 1.82) is 0 Å². The maximum absolute atomic E-state index is 8.74. The first-order chi connectivity index (χ1) is 7.53. The van der Waals surface area contributed by atoms with Gasteiger partial charge in [-0.25, -0.2) is 0 Å². The second-order valence-corrected chi connectivity index (χ2v) is 4.89. The van der Waals surface area contributed by atoms with E-state index in [9.17, 15) is 0 Å². The number of oxime groups is 1. The van der Waals surface area contributed by atoms with Crippen molar-refractivity contribution in [3.05, 3.63) is 0 Å². The van der Waals surface area contributed by atoms with E-state index in [0.717, 1.165) is 32.5 Å². The van der Waals surface area contributed by atoms with Gasteiger partial charge in [0.1, 0.15) is 5.84 Å². The summed E-state index contributed by atoms with van der Waals surface area (Å²) < 4.78 is 5.15. The molecule has 0 aliphatic carbocycles. The van der Waals surface area contributed by atoms with Crippen LogP contribution in [0.2, 0.25) is 0 Å². The van der Waals surface area contributed by atoms with E-state index in [1.807, 2.05) is 0 Å². The minimum atomic E-state index is -0.155. The fraction of sp³-hybridized carbons (Fsp3) is 0.909. The first-order valence-corrected chi connectivity index (χ1v) is 5.74. The highest BCUT2D eigenvalue weighted by molar-refractivity contribution is 5.85. The van der Waals surface area contributed by atoms with Gasteiger partial charge in [0.25, 0.3) is 0 Å².